The fraction of sp³-hybridized carbons (Fsp3) is 0.308. The number of hydrogen-bond acceptors (Lipinski definition) is 1. The second-order valence-electron chi connectivity index (χ2n) is 3.74. The van der Waals surface area contributed by atoms with E-state index >= 15 is 0 Å². The van der Waals surface area contributed by atoms with Gasteiger partial charge in [0.1, 0.15) is 0 Å². The summed E-state index contributed by atoms with van der Waals surface area (Å²) >= 11 is 0. The molecule has 0 spiro atoms. The molecular formula is C13H12F3NO. The van der Waals surface area contributed by atoms with Gasteiger partial charge in [0.15, 0.2) is 0 Å². The molecule has 18 heavy (non-hydrogen) atoms. The van der Waals surface area contributed by atoms with Gasteiger partial charge in [-0.1, -0.05) is 17.9 Å². The summed E-state index contributed by atoms with van der Waals surface area (Å²) in [5.41, 5.74) is 0.255. The Kier molecular flexibility index (Phi) is 4.38. The summed E-state index contributed by atoms with van der Waals surface area (Å²) in [6, 6.07) is 3.41. The van der Waals surface area contributed by atoms with Gasteiger partial charge in [0.2, 0.25) is 5.91 Å². The Morgan fingerprint density at radius 3 is 2.61 bits per heavy atom. The van der Waals surface area contributed by atoms with Crippen molar-refractivity contribution in [2.24, 2.45) is 0 Å². The molecule has 1 rings (SSSR count). The van der Waals surface area contributed by atoms with E-state index in [4.69, 9.17) is 0 Å². The fourth-order valence-electron chi connectivity index (χ4n) is 1.24. The number of amides is 1. The van der Waals surface area contributed by atoms with Crippen molar-refractivity contribution in [2.45, 2.75) is 20.0 Å². The third kappa shape index (κ3) is 4.13. The first-order valence-corrected chi connectivity index (χ1v) is 5.22. The van der Waals surface area contributed by atoms with Crippen molar-refractivity contribution in [3.05, 3.63) is 34.9 Å². The van der Waals surface area contributed by atoms with E-state index in [0.29, 0.717) is 11.1 Å². The number of nitrogens with one attached hydrogen (secondary N) is 1. The third-order valence-corrected chi connectivity index (χ3v) is 2.21. The molecule has 0 radical (unpaired) electrons. The summed E-state index contributed by atoms with van der Waals surface area (Å²) in [6.45, 7) is 3.14. The van der Waals surface area contributed by atoms with E-state index in [-0.39, 0.29) is 12.5 Å². The number of rotatable bonds is 1. The summed E-state index contributed by atoms with van der Waals surface area (Å²) in [4.78, 5) is 10.6. The molecule has 2 nitrogen and oxygen atoms in total. The highest BCUT2D eigenvalue weighted by molar-refractivity contribution is 5.73. The Morgan fingerprint density at radius 1 is 1.39 bits per heavy atom. The Labute approximate surface area is 103 Å². The minimum atomic E-state index is -4.37. The van der Waals surface area contributed by atoms with Gasteiger partial charge in [0.05, 0.1) is 12.1 Å². The number of halogens is 3. The summed E-state index contributed by atoms with van der Waals surface area (Å²) in [6.07, 6.45) is -4.37. The average molecular weight is 255 g/mol. The highest BCUT2D eigenvalue weighted by Gasteiger charge is 2.30. The maximum absolute atomic E-state index is 12.5. The van der Waals surface area contributed by atoms with E-state index in [2.05, 4.69) is 17.2 Å². The SMILES string of the molecule is CC(=O)NCC#Cc1cc(C(F)(F)F)ccc1C. The van der Waals surface area contributed by atoms with Gasteiger partial charge in [-0.2, -0.15) is 13.2 Å². The summed E-state index contributed by atoms with van der Waals surface area (Å²) < 4.78 is 37.5. The Morgan fingerprint density at radius 2 is 2.06 bits per heavy atom. The molecule has 5 heteroatoms. The van der Waals surface area contributed by atoms with Gasteiger partial charge in [0.25, 0.3) is 0 Å². The Bertz CT molecular complexity index is 509. The first-order chi connectivity index (χ1) is 8.30. The molecule has 1 aromatic rings. The smallest absolute Gasteiger partial charge is 0.345 e. The quantitative estimate of drug-likeness (QED) is 0.767. The topological polar surface area (TPSA) is 29.1 Å². The molecule has 0 aliphatic heterocycles. The number of aryl methyl sites for hydroxylation is 1. The van der Waals surface area contributed by atoms with Crippen molar-refractivity contribution in [3.8, 4) is 11.8 Å². The molecule has 0 aromatic heterocycles. The normalized spacial score (nSPS) is 10.5. The molecule has 96 valence electrons. The Balaban J connectivity index is 2.91. The van der Waals surface area contributed by atoms with Gasteiger partial charge in [-0.15, -0.1) is 0 Å². The third-order valence-electron chi connectivity index (χ3n) is 2.21. The molecule has 0 saturated heterocycles. The molecule has 0 fully saturated rings. The van der Waals surface area contributed by atoms with Gasteiger partial charge < -0.3 is 5.32 Å². The van der Waals surface area contributed by atoms with E-state index in [1.54, 1.807) is 6.92 Å². The van der Waals surface area contributed by atoms with Crippen LogP contribution in [0, 0.1) is 18.8 Å². The van der Waals surface area contributed by atoms with Crippen LogP contribution in [-0.4, -0.2) is 12.5 Å². The molecule has 0 atom stereocenters. The summed E-state index contributed by atoms with van der Waals surface area (Å²) in [7, 11) is 0. The van der Waals surface area contributed by atoms with Crippen molar-refractivity contribution >= 4 is 5.91 Å². The van der Waals surface area contributed by atoms with Gasteiger partial charge in [-0.05, 0) is 24.6 Å². The molecule has 0 heterocycles. The van der Waals surface area contributed by atoms with E-state index in [1.165, 1.54) is 13.0 Å². The number of carbonyl (C=O) groups excluding carboxylic acids is 1. The second-order valence-corrected chi connectivity index (χ2v) is 3.74. The van der Waals surface area contributed by atoms with Crippen LogP contribution in [-0.2, 0) is 11.0 Å². The van der Waals surface area contributed by atoms with E-state index < -0.39 is 11.7 Å². The minimum absolute atomic E-state index is 0.116. The molecule has 0 bridgehead atoms. The molecule has 0 unspecified atom stereocenters. The predicted octanol–water partition coefficient (Wildman–Crippen LogP) is 2.50. The standard InChI is InChI=1S/C13H12F3NO/c1-9-5-6-12(13(14,15)16)8-11(9)4-3-7-17-10(2)18/h5-6,8H,7H2,1-2H3,(H,17,18). The lowest BCUT2D eigenvalue weighted by atomic mass is 10.1. The number of hydrogen-bond donors (Lipinski definition) is 1. The van der Waals surface area contributed by atoms with Crippen molar-refractivity contribution in [3.63, 3.8) is 0 Å². The number of carbonyl (C=O) groups is 1. The van der Waals surface area contributed by atoms with E-state index in [9.17, 15) is 18.0 Å². The number of benzene rings is 1. The average Bonchev–Trinajstić information content (AvgIpc) is 2.24. The van der Waals surface area contributed by atoms with Crippen LogP contribution in [0.2, 0.25) is 0 Å². The molecule has 1 amide bonds. The zero-order valence-electron chi connectivity index (χ0n) is 9.98. The van der Waals surface area contributed by atoms with Gasteiger partial charge >= 0.3 is 6.18 Å². The molecule has 0 aliphatic rings. The molecule has 1 aromatic carbocycles. The maximum Gasteiger partial charge on any atom is 0.416 e. The molecule has 1 N–H and O–H groups in total. The lowest BCUT2D eigenvalue weighted by Crippen LogP contribution is -2.19. The number of alkyl halides is 3. The van der Waals surface area contributed by atoms with Crippen LogP contribution in [0.15, 0.2) is 18.2 Å². The Hall–Kier alpha value is -1.96. The maximum atomic E-state index is 12.5. The van der Waals surface area contributed by atoms with Crippen LogP contribution in [0.1, 0.15) is 23.6 Å². The first kappa shape index (κ1) is 14.1. The summed E-state index contributed by atoms with van der Waals surface area (Å²) in [5, 5.41) is 2.45. The molecule has 0 aliphatic carbocycles. The van der Waals surface area contributed by atoms with Crippen LogP contribution in [0.3, 0.4) is 0 Å². The highest BCUT2D eigenvalue weighted by Crippen LogP contribution is 2.30. The lowest BCUT2D eigenvalue weighted by molar-refractivity contribution is -0.137. The minimum Gasteiger partial charge on any atom is -0.345 e. The van der Waals surface area contributed by atoms with E-state index in [0.717, 1.165) is 12.1 Å². The highest BCUT2D eigenvalue weighted by atomic mass is 19.4. The second kappa shape index (κ2) is 5.58. The largest absolute Gasteiger partial charge is 0.416 e. The van der Waals surface area contributed by atoms with Crippen molar-refractivity contribution in [2.75, 3.05) is 6.54 Å². The lowest BCUT2D eigenvalue weighted by Gasteiger charge is -2.08. The van der Waals surface area contributed by atoms with Crippen LogP contribution >= 0.6 is 0 Å². The van der Waals surface area contributed by atoms with Crippen LogP contribution in [0.25, 0.3) is 0 Å². The van der Waals surface area contributed by atoms with Crippen LogP contribution in [0.4, 0.5) is 13.2 Å². The zero-order valence-corrected chi connectivity index (χ0v) is 9.98. The monoisotopic (exact) mass is 255 g/mol. The van der Waals surface area contributed by atoms with E-state index in [1.807, 2.05) is 0 Å². The van der Waals surface area contributed by atoms with Crippen molar-refractivity contribution < 1.29 is 18.0 Å². The van der Waals surface area contributed by atoms with Crippen LogP contribution < -0.4 is 5.32 Å². The van der Waals surface area contributed by atoms with Gasteiger partial charge in [0, 0.05) is 12.5 Å². The van der Waals surface area contributed by atoms with Crippen LogP contribution in [0.5, 0.6) is 0 Å². The predicted molar refractivity (Wildman–Crippen MR) is 61.7 cm³/mol. The summed E-state index contributed by atoms with van der Waals surface area (Å²) in [5.74, 6) is 4.99. The first-order valence-electron chi connectivity index (χ1n) is 5.22. The molecular weight excluding hydrogens is 243 g/mol. The van der Waals surface area contributed by atoms with Gasteiger partial charge in [-0.25, -0.2) is 0 Å². The molecule has 0 saturated carbocycles. The van der Waals surface area contributed by atoms with Crippen molar-refractivity contribution in [1.82, 2.24) is 5.32 Å². The van der Waals surface area contributed by atoms with Crippen molar-refractivity contribution in [1.29, 1.82) is 0 Å². The fourth-order valence-corrected chi connectivity index (χ4v) is 1.24. The zero-order chi connectivity index (χ0) is 13.8. The van der Waals surface area contributed by atoms with Gasteiger partial charge in [-0.3, -0.25) is 4.79 Å².